The van der Waals surface area contributed by atoms with Crippen LogP contribution in [0, 0.1) is 0 Å². The van der Waals surface area contributed by atoms with Gasteiger partial charge in [0.1, 0.15) is 7.85 Å². The van der Waals surface area contributed by atoms with Crippen LogP contribution in [-0.4, -0.2) is 48.9 Å². The molecule has 4 N–H and O–H groups in total. The Kier molecular flexibility index (Phi) is 2.30. The van der Waals surface area contributed by atoms with E-state index in [1.807, 2.05) is 0 Å². The molecule has 58 valence electrons. The van der Waals surface area contributed by atoms with Gasteiger partial charge in [-0.05, 0) is 0 Å². The highest BCUT2D eigenvalue weighted by molar-refractivity contribution is 6.11. The quantitative estimate of drug-likeness (QED) is 0.344. The molecule has 0 amide bonds. The van der Waals surface area contributed by atoms with Gasteiger partial charge in [-0.3, -0.25) is 0 Å². The fourth-order valence-corrected chi connectivity index (χ4v) is 1.14. The lowest BCUT2D eigenvalue weighted by molar-refractivity contribution is 0.0290. The zero-order valence-corrected chi connectivity index (χ0v) is 5.90. The maximum atomic E-state index is 9.21. The molecule has 0 aromatic carbocycles. The van der Waals surface area contributed by atoms with E-state index in [-0.39, 0.29) is 12.6 Å². The molecule has 0 spiro atoms. The van der Waals surface area contributed by atoms with E-state index in [2.05, 4.69) is 0 Å². The molecule has 1 aliphatic rings. The van der Waals surface area contributed by atoms with Crippen LogP contribution in [0.3, 0.4) is 0 Å². The van der Waals surface area contributed by atoms with Crippen molar-refractivity contribution in [3.8, 4) is 0 Å². The summed E-state index contributed by atoms with van der Waals surface area (Å²) in [6.07, 6.45) is -1.04. The molecular weight excluding hydrogens is 133 g/mol. The van der Waals surface area contributed by atoms with E-state index in [9.17, 15) is 5.11 Å². The second-order valence-corrected chi connectivity index (χ2v) is 2.63. The van der Waals surface area contributed by atoms with Gasteiger partial charge in [-0.15, -0.1) is 0 Å². The maximum absolute atomic E-state index is 9.21. The average Bonchev–Trinajstić information content (AvgIpc) is 2.17. The summed E-state index contributed by atoms with van der Waals surface area (Å²) in [5.74, 6) is 0. The van der Waals surface area contributed by atoms with Gasteiger partial charge in [0.15, 0.2) is 0 Å². The second-order valence-electron chi connectivity index (χ2n) is 2.63. The summed E-state index contributed by atoms with van der Waals surface area (Å²) in [4.78, 5) is 0. The van der Waals surface area contributed by atoms with Crippen molar-refractivity contribution in [1.82, 2.24) is 0 Å². The van der Waals surface area contributed by atoms with Gasteiger partial charge in [-0.2, -0.15) is 0 Å². The number of hydrogen-bond acceptors (Lipinski definition) is 4. The van der Waals surface area contributed by atoms with Gasteiger partial charge in [0.05, 0.1) is 30.9 Å². The first-order valence-corrected chi connectivity index (χ1v) is 3.36. The predicted octanol–water partition coefficient (Wildman–Crippen LogP) is -2.98. The molecule has 0 saturated carbocycles. The molecule has 1 fully saturated rings. The van der Waals surface area contributed by atoms with Crippen molar-refractivity contribution in [2.45, 2.75) is 24.3 Å². The first-order valence-electron chi connectivity index (χ1n) is 3.36. The Morgan fingerprint density at radius 3 is 2.40 bits per heavy atom. The molecule has 5 heteroatoms. The van der Waals surface area contributed by atoms with Gasteiger partial charge >= 0.3 is 0 Å². The standard InChI is InChI=1S/C5H12BNO3/c6-5-4(9)3(7)2(1-8)10-5/h2-5,8-9H,1,6-7H2/t2-,3+,4?,5-/m1/s1. The highest BCUT2D eigenvalue weighted by Crippen LogP contribution is 2.16. The summed E-state index contributed by atoms with van der Waals surface area (Å²) in [6, 6.07) is -0.702. The van der Waals surface area contributed by atoms with Gasteiger partial charge in [0.25, 0.3) is 0 Å². The second kappa shape index (κ2) is 2.88. The minimum absolute atomic E-state index is 0.122. The Morgan fingerprint density at radius 2 is 2.20 bits per heavy atom. The highest BCUT2D eigenvalue weighted by atomic mass is 16.5. The zero-order chi connectivity index (χ0) is 7.72. The van der Waals surface area contributed by atoms with Gasteiger partial charge < -0.3 is 20.7 Å². The summed E-state index contributed by atoms with van der Waals surface area (Å²) in [6.45, 7) is -0.122. The van der Waals surface area contributed by atoms with Crippen molar-refractivity contribution >= 4 is 7.85 Å². The molecule has 0 aliphatic carbocycles. The van der Waals surface area contributed by atoms with E-state index in [0.717, 1.165) is 0 Å². The largest absolute Gasteiger partial charge is 0.394 e. The Bertz CT molecular complexity index is 123. The van der Waals surface area contributed by atoms with Crippen molar-refractivity contribution in [1.29, 1.82) is 0 Å². The van der Waals surface area contributed by atoms with Crippen LogP contribution in [0.25, 0.3) is 0 Å². The van der Waals surface area contributed by atoms with Gasteiger partial charge in [-0.1, -0.05) is 0 Å². The molecule has 10 heavy (non-hydrogen) atoms. The van der Waals surface area contributed by atoms with E-state index in [4.69, 9.17) is 15.6 Å². The number of hydrogen-bond donors (Lipinski definition) is 3. The summed E-state index contributed by atoms with van der Waals surface area (Å²) in [5, 5.41) is 17.9. The van der Waals surface area contributed by atoms with Crippen molar-refractivity contribution in [2.75, 3.05) is 6.61 Å². The minimum Gasteiger partial charge on any atom is -0.394 e. The topological polar surface area (TPSA) is 75.7 Å². The van der Waals surface area contributed by atoms with Crippen LogP contribution in [0.4, 0.5) is 0 Å². The lowest BCUT2D eigenvalue weighted by atomic mass is 9.92. The van der Waals surface area contributed by atoms with E-state index in [0.29, 0.717) is 0 Å². The summed E-state index contributed by atoms with van der Waals surface area (Å²) in [7, 11) is 1.74. The van der Waals surface area contributed by atoms with Crippen LogP contribution >= 0.6 is 0 Å². The molecule has 4 atom stereocenters. The minimum atomic E-state index is -0.642. The van der Waals surface area contributed by atoms with Crippen LogP contribution in [0.15, 0.2) is 0 Å². The van der Waals surface area contributed by atoms with Gasteiger partial charge in [0.2, 0.25) is 0 Å². The van der Waals surface area contributed by atoms with Gasteiger partial charge in [0, 0.05) is 0 Å². The Hall–Kier alpha value is -0.0951. The SMILES string of the molecule is B[C@@H]1O[C@H](CO)[C@H](N)C1O. The number of nitrogens with two attached hydrogens (primary N) is 1. The lowest BCUT2D eigenvalue weighted by Gasteiger charge is -2.11. The van der Waals surface area contributed by atoms with Crippen LogP contribution in [0.5, 0.6) is 0 Å². The third-order valence-corrected chi connectivity index (χ3v) is 1.87. The smallest absolute Gasteiger partial charge is 0.142 e. The zero-order valence-electron chi connectivity index (χ0n) is 5.90. The van der Waals surface area contributed by atoms with Crippen LogP contribution < -0.4 is 5.73 Å². The summed E-state index contributed by atoms with van der Waals surface area (Å²) < 4.78 is 5.11. The molecule has 4 nitrogen and oxygen atoms in total. The third kappa shape index (κ3) is 1.18. The van der Waals surface area contributed by atoms with Crippen molar-refractivity contribution in [2.24, 2.45) is 5.73 Å². The van der Waals surface area contributed by atoms with E-state index in [1.165, 1.54) is 0 Å². The van der Waals surface area contributed by atoms with E-state index >= 15 is 0 Å². The highest BCUT2D eigenvalue weighted by Gasteiger charge is 2.37. The Balaban J connectivity index is 2.53. The van der Waals surface area contributed by atoms with E-state index in [1.54, 1.807) is 7.85 Å². The molecule has 0 aromatic heterocycles. The predicted molar refractivity (Wildman–Crippen MR) is 38.3 cm³/mol. The number of aliphatic hydroxyl groups excluding tert-OH is 2. The summed E-state index contributed by atoms with van der Waals surface area (Å²) in [5.41, 5.74) is 5.49. The van der Waals surface area contributed by atoms with Crippen molar-refractivity contribution in [3.05, 3.63) is 0 Å². The molecule has 0 bridgehead atoms. The van der Waals surface area contributed by atoms with Crippen LogP contribution in [-0.2, 0) is 4.74 Å². The van der Waals surface area contributed by atoms with Crippen molar-refractivity contribution in [3.63, 3.8) is 0 Å². The van der Waals surface area contributed by atoms with E-state index < -0.39 is 18.2 Å². The van der Waals surface area contributed by atoms with Crippen LogP contribution in [0.1, 0.15) is 0 Å². The number of ether oxygens (including phenoxy) is 1. The first-order chi connectivity index (χ1) is 4.66. The number of aliphatic hydroxyl groups is 2. The molecule has 1 aliphatic heterocycles. The molecule has 0 aromatic rings. The normalized spacial score (nSPS) is 47.9. The van der Waals surface area contributed by atoms with Crippen LogP contribution in [0.2, 0.25) is 0 Å². The lowest BCUT2D eigenvalue weighted by Crippen LogP contribution is -2.41. The fraction of sp³-hybridized carbons (Fsp3) is 1.00. The van der Waals surface area contributed by atoms with Crippen molar-refractivity contribution < 1.29 is 14.9 Å². The average molecular weight is 145 g/mol. The molecular formula is C5H12BNO3. The fourth-order valence-electron chi connectivity index (χ4n) is 1.14. The molecule has 1 rings (SSSR count). The first kappa shape index (κ1) is 8.01. The molecule has 0 radical (unpaired) electrons. The molecule has 1 heterocycles. The maximum Gasteiger partial charge on any atom is 0.142 e. The molecule has 1 saturated heterocycles. The monoisotopic (exact) mass is 145 g/mol. The summed E-state index contributed by atoms with van der Waals surface area (Å²) >= 11 is 0. The Labute approximate surface area is 60.4 Å². The van der Waals surface area contributed by atoms with Gasteiger partial charge in [-0.25, -0.2) is 0 Å². The Morgan fingerprint density at radius 1 is 1.60 bits per heavy atom. The molecule has 1 unspecified atom stereocenters. The number of rotatable bonds is 1. The third-order valence-electron chi connectivity index (χ3n) is 1.87.